The second kappa shape index (κ2) is 7.95. The molecule has 24 heavy (non-hydrogen) atoms. The van der Waals surface area contributed by atoms with Crippen molar-refractivity contribution in [2.24, 2.45) is 5.92 Å². The number of piperidine rings is 1. The fourth-order valence-electron chi connectivity index (χ4n) is 4.28. The van der Waals surface area contributed by atoms with Crippen LogP contribution in [0.2, 0.25) is 0 Å². The molecule has 0 spiro atoms. The number of benzene rings is 1. The fraction of sp³-hybridized carbons (Fsp3) is 0.550. The number of carbonyl (C=O) groups excluding carboxylic acids is 1. The van der Waals surface area contributed by atoms with E-state index in [4.69, 9.17) is 4.74 Å². The summed E-state index contributed by atoms with van der Waals surface area (Å²) in [5.74, 6) is 0.149. The van der Waals surface area contributed by atoms with Crippen LogP contribution in [0.3, 0.4) is 0 Å². The molecule has 2 N–H and O–H groups in total. The SMILES string of the molecule is C.C=C(C)c1ccc([C@H]2C[C@H]3CCC(C2C(=O)OC)N3C)cc1.O. The first-order valence-corrected chi connectivity index (χ1v) is 8.08. The standard InChI is InChI=1S/C19H25NO2.CH4.H2O/c1-12(2)13-5-7-14(8-6-13)16-11-15-9-10-17(20(15)3)18(16)19(21)22-4;;/h5-8,15-18H,1,9-11H2,2-4H3;1H4;1H2/t15-,16-,17?,18?;;/m1../s1. The summed E-state index contributed by atoms with van der Waals surface area (Å²) in [4.78, 5) is 14.8. The number of rotatable bonds is 3. The van der Waals surface area contributed by atoms with Gasteiger partial charge in [-0.05, 0) is 44.4 Å². The Labute approximate surface area is 145 Å². The predicted molar refractivity (Wildman–Crippen MR) is 98.9 cm³/mol. The van der Waals surface area contributed by atoms with Crippen molar-refractivity contribution in [3.05, 3.63) is 42.0 Å². The summed E-state index contributed by atoms with van der Waals surface area (Å²) in [6, 6.07) is 9.47. The highest BCUT2D eigenvalue weighted by molar-refractivity contribution is 5.75. The first kappa shape index (κ1) is 20.4. The van der Waals surface area contributed by atoms with Crippen LogP contribution in [0.25, 0.3) is 5.57 Å². The molecule has 0 aliphatic carbocycles. The minimum absolute atomic E-state index is 0. The highest BCUT2D eigenvalue weighted by Gasteiger charge is 2.49. The van der Waals surface area contributed by atoms with Crippen molar-refractivity contribution < 1.29 is 15.0 Å². The molecule has 4 nitrogen and oxygen atoms in total. The van der Waals surface area contributed by atoms with E-state index in [1.165, 1.54) is 19.1 Å². The number of nitrogens with zero attached hydrogens (tertiary/aromatic N) is 1. The first-order chi connectivity index (χ1) is 10.5. The second-order valence-corrected chi connectivity index (χ2v) is 6.76. The Morgan fingerprint density at radius 3 is 2.42 bits per heavy atom. The maximum absolute atomic E-state index is 12.4. The summed E-state index contributed by atoms with van der Waals surface area (Å²) < 4.78 is 5.12. The van der Waals surface area contributed by atoms with Gasteiger partial charge in [0.15, 0.2) is 0 Å². The molecule has 3 rings (SSSR count). The molecule has 0 saturated carbocycles. The van der Waals surface area contributed by atoms with Gasteiger partial charge in [0.1, 0.15) is 0 Å². The van der Waals surface area contributed by atoms with Gasteiger partial charge in [-0.2, -0.15) is 0 Å². The van der Waals surface area contributed by atoms with Crippen LogP contribution in [0, 0.1) is 5.92 Å². The van der Waals surface area contributed by atoms with Gasteiger partial charge >= 0.3 is 5.97 Å². The molecule has 0 amide bonds. The fourth-order valence-corrected chi connectivity index (χ4v) is 4.28. The summed E-state index contributed by atoms with van der Waals surface area (Å²) in [7, 11) is 3.66. The normalized spacial score (nSPS) is 28.5. The van der Waals surface area contributed by atoms with Gasteiger partial charge in [0.2, 0.25) is 0 Å². The van der Waals surface area contributed by atoms with Crippen molar-refractivity contribution in [2.75, 3.05) is 14.2 Å². The zero-order valence-electron chi connectivity index (χ0n) is 14.2. The largest absolute Gasteiger partial charge is 0.469 e. The lowest BCUT2D eigenvalue weighted by molar-refractivity contribution is -0.150. The third-order valence-corrected chi connectivity index (χ3v) is 5.57. The van der Waals surface area contributed by atoms with Gasteiger partial charge in [-0.15, -0.1) is 0 Å². The number of fused-ring (bicyclic) bond motifs is 2. The van der Waals surface area contributed by atoms with Crippen molar-refractivity contribution in [3.63, 3.8) is 0 Å². The van der Waals surface area contributed by atoms with Crippen LogP contribution in [-0.2, 0) is 9.53 Å². The summed E-state index contributed by atoms with van der Waals surface area (Å²) in [6.07, 6.45) is 3.33. The molecule has 2 aliphatic rings. The second-order valence-electron chi connectivity index (χ2n) is 6.76. The topological polar surface area (TPSA) is 61.0 Å². The van der Waals surface area contributed by atoms with Crippen LogP contribution in [0.1, 0.15) is 50.7 Å². The van der Waals surface area contributed by atoms with E-state index in [-0.39, 0.29) is 30.7 Å². The quantitative estimate of drug-likeness (QED) is 0.798. The van der Waals surface area contributed by atoms with Crippen LogP contribution >= 0.6 is 0 Å². The van der Waals surface area contributed by atoms with E-state index in [0.717, 1.165) is 24.0 Å². The van der Waals surface area contributed by atoms with Gasteiger partial charge in [-0.3, -0.25) is 9.69 Å². The van der Waals surface area contributed by atoms with Gasteiger partial charge < -0.3 is 10.2 Å². The van der Waals surface area contributed by atoms with E-state index < -0.39 is 0 Å². The maximum atomic E-state index is 12.4. The molecule has 2 heterocycles. The Bertz CT molecular complexity index is 581. The molecule has 2 unspecified atom stereocenters. The van der Waals surface area contributed by atoms with Crippen LogP contribution in [0.5, 0.6) is 0 Å². The average molecular weight is 333 g/mol. The number of esters is 1. The minimum atomic E-state index is -0.0637. The van der Waals surface area contributed by atoms with Gasteiger partial charge in [0.05, 0.1) is 13.0 Å². The van der Waals surface area contributed by atoms with E-state index in [9.17, 15) is 4.79 Å². The smallest absolute Gasteiger partial charge is 0.310 e. The summed E-state index contributed by atoms with van der Waals surface area (Å²) in [5, 5.41) is 0. The number of hydrogen-bond acceptors (Lipinski definition) is 3. The van der Waals surface area contributed by atoms with Crippen LogP contribution in [0.15, 0.2) is 30.8 Å². The summed E-state index contributed by atoms with van der Waals surface area (Å²) in [5.41, 5.74) is 3.49. The monoisotopic (exact) mass is 333 g/mol. The van der Waals surface area contributed by atoms with Crippen LogP contribution in [-0.4, -0.2) is 42.6 Å². The van der Waals surface area contributed by atoms with Crippen molar-refractivity contribution in [3.8, 4) is 0 Å². The van der Waals surface area contributed by atoms with E-state index in [2.05, 4.69) is 42.8 Å². The lowest BCUT2D eigenvalue weighted by atomic mass is 9.76. The molecular weight excluding hydrogens is 302 g/mol. The van der Waals surface area contributed by atoms with Gasteiger partial charge in [-0.25, -0.2) is 0 Å². The predicted octanol–water partition coefficient (Wildman–Crippen LogP) is 3.27. The highest BCUT2D eigenvalue weighted by Crippen LogP contribution is 2.46. The Morgan fingerprint density at radius 1 is 1.25 bits per heavy atom. The first-order valence-electron chi connectivity index (χ1n) is 8.08. The van der Waals surface area contributed by atoms with Gasteiger partial charge in [-0.1, -0.05) is 43.8 Å². The van der Waals surface area contributed by atoms with Crippen molar-refractivity contribution in [1.82, 2.24) is 4.90 Å². The summed E-state index contributed by atoms with van der Waals surface area (Å²) in [6.45, 7) is 6.00. The molecular formula is C20H31NO3. The zero-order chi connectivity index (χ0) is 15.9. The van der Waals surface area contributed by atoms with E-state index in [1.54, 1.807) is 0 Å². The molecule has 4 heteroatoms. The zero-order valence-corrected chi connectivity index (χ0v) is 14.2. The molecule has 4 atom stereocenters. The molecule has 2 bridgehead atoms. The van der Waals surface area contributed by atoms with Crippen molar-refractivity contribution in [1.29, 1.82) is 0 Å². The van der Waals surface area contributed by atoms with Crippen LogP contribution in [0.4, 0.5) is 0 Å². The molecule has 2 aliphatic heterocycles. The number of ether oxygens (including phenoxy) is 1. The lowest BCUT2D eigenvalue weighted by Crippen LogP contribution is -2.49. The Morgan fingerprint density at radius 2 is 1.88 bits per heavy atom. The highest BCUT2D eigenvalue weighted by atomic mass is 16.5. The van der Waals surface area contributed by atoms with Gasteiger partial charge in [0.25, 0.3) is 0 Å². The lowest BCUT2D eigenvalue weighted by Gasteiger charge is -2.41. The Balaban J connectivity index is 0.00000144. The number of hydrogen-bond donors (Lipinski definition) is 0. The third-order valence-electron chi connectivity index (χ3n) is 5.57. The van der Waals surface area contributed by atoms with E-state index >= 15 is 0 Å². The molecule has 134 valence electrons. The summed E-state index contributed by atoms with van der Waals surface area (Å²) >= 11 is 0. The average Bonchev–Trinajstić information content (AvgIpc) is 2.76. The van der Waals surface area contributed by atoms with Gasteiger partial charge in [0, 0.05) is 18.0 Å². The molecule has 1 aromatic carbocycles. The molecule has 0 radical (unpaired) electrons. The van der Waals surface area contributed by atoms with E-state index in [0.29, 0.717) is 12.1 Å². The maximum Gasteiger partial charge on any atom is 0.310 e. The Kier molecular flexibility index (Phi) is 6.76. The molecule has 0 aromatic heterocycles. The minimum Gasteiger partial charge on any atom is -0.469 e. The van der Waals surface area contributed by atoms with E-state index in [1.807, 2.05) is 6.92 Å². The molecule has 1 aromatic rings. The number of methoxy groups -OCH3 is 1. The van der Waals surface area contributed by atoms with Crippen molar-refractivity contribution >= 4 is 11.5 Å². The Hall–Kier alpha value is -1.65. The molecule has 2 fully saturated rings. The van der Waals surface area contributed by atoms with Crippen molar-refractivity contribution in [2.45, 2.75) is 51.6 Å². The van der Waals surface area contributed by atoms with Crippen LogP contribution < -0.4 is 0 Å². The number of allylic oxidation sites excluding steroid dienone is 1. The number of carbonyl (C=O) groups is 1. The molecule has 2 saturated heterocycles. The third kappa shape index (κ3) is 3.40.